The largest absolute Gasteiger partial charge is 0.316 e. The monoisotopic (exact) mass is 383 g/mol. The molecule has 4 heterocycles. The number of imidazole rings is 1. The molecule has 1 atom stereocenters. The molecule has 0 spiro atoms. The van der Waals surface area contributed by atoms with E-state index in [4.69, 9.17) is 16.6 Å². The van der Waals surface area contributed by atoms with Gasteiger partial charge in [-0.2, -0.15) is 0 Å². The summed E-state index contributed by atoms with van der Waals surface area (Å²) < 4.78 is 2.02. The summed E-state index contributed by atoms with van der Waals surface area (Å²) >= 11 is 6.05. The van der Waals surface area contributed by atoms with Gasteiger partial charge in [-0.3, -0.25) is 4.90 Å². The molecule has 5 nitrogen and oxygen atoms in total. The third-order valence-corrected chi connectivity index (χ3v) is 5.60. The van der Waals surface area contributed by atoms with Crippen molar-refractivity contribution in [3.63, 3.8) is 0 Å². The van der Waals surface area contributed by atoms with Crippen molar-refractivity contribution >= 4 is 29.7 Å². The maximum Gasteiger partial charge on any atom is 0.137 e. The Hall–Kier alpha value is -0.850. The number of nitrogens with one attached hydrogen (secondary N) is 1. The molecular weight excluding hydrogens is 357 g/mol. The number of pyridine rings is 1. The Balaban J connectivity index is 0.00000182. The molecule has 2 aromatic heterocycles. The van der Waals surface area contributed by atoms with Gasteiger partial charge in [0.1, 0.15) is 5.65 Å². The lowest BCUT2D eigenvalue weighted by Crippen LogP contribution is -2.49. The Labute approximate surface area is 160 Å². The van der Waals surface area contributed by atoms with Gasteiger partial charge in [0.2, 0.25) is 0 Å². The Morgan fingerprint density at radius 3 is 2.64 bits per heavy atom. The summed E-state index contributed by atoms with van der Waals surface area (Å²) in [5.74, 6) is 0. The number of aromatic nitrogens is 2. The summed E-state index contributed by atoms with van der Waals surface area (Å²) in [6.45, 7) is 11.5. The van der Waals surface area contributed by atoms with Crippen LogP contribution < -0.4 is 5.32 Å². The molecule has 1 N–H and O–H groups in total. The molecule has 0 bridgehead atoms. The summed E-state index contributed by atoms with van der Waals surface area (Å²) in [5, 5.41) is 4.25. The number of fused-ring (bicyclic) bond motifs is 1. The molecule has 0 aromatic carbocycles. The fourth-order valence-corrected chi connectivity index (χ4v) is 4.14. The second-order valence-electron chi connectivity index (χ2n) is 7.63. The van der Waals surface area contributed by atoms with Crippen molar-refractivity contribution < 1.29 is 0 Å². The fourth-order valence-electron chi connectivity index (χ4n) is 3.97. The van der Waals surface area contributed by atoms with Gasteiger partial charge in [-0.25, -0.2) is 4.98 Å². The maximum absolute atomic E-state index is 6.05. The third-order valence-electron chi connectivity index (χ3n) is 5.38. The van der Waals surface area contributed by atoms with Crippen LogP contribution in [-0.2, 0) is 6.54 Å². The van der Waals surface area contributed by atoms with Gasteiger partial charge in [-0.05, 0) is 30.5 Å². The normalized spacial score (nSPS) is 25.4. The zero-order chi connectivity index (χ0) is 16.6. The first-order valence-corrected chi connectivity index (χ1v) is 9.26. The second-order valence-corrected chi connectivity index (χ2v) is 8.07. The minimum Gasteiger partial charge on any atom is -0.316 e. The number of halogens is 2. The molecule has 25 heavy (non-hydrogen) atoms. The Morgan fingerprint density at radius 1 is 1.16 bits per heavy atom. The van der Waals surface area contributed by atoms with Gasteiger partial charge in [0.05, 0.1) is 10.7 Å². The first kappa shape index (κ1) is 18.9. The lowest BCUT2D eigenvalue weighted by Gasteiger charge is -2.38. The molecule has 0 amide bonds. The Kier molecular flexibility index (Phi) is 5.91. The molecule has 0 radical (unpaired) electrons. The van der Waals surface area contributed by atoms with E-state index in [0.717, 1.165) is 55.6 Å². The van der Waals surface area contributed by atoms with Gasteiger partial charge in [0.25, 0.3) is 0 Å². The van der Waals surface area contributed by atoms with Crippen molar-refractivity contribution in [2.75, 3.05) is 45.8 Å². The number of nitrogens with zero attached hydrogens (tertiary/aromatic N) is 4. The number of hydrogen-bond donors (Lipinski definition) is 1. The lowest BCUT2D eigenvalue weighted by atomic mass is 9.89. The molecule has 1 unspecified atom stereocenters. The zero-order valence-electron chi connectivity index (χ0n) is 14.7. The van der Waals surface area contributed by atoms with Crippen LogP contribution in [0.3, 0.4) is 0 Å². The standard InChI is InChI=1S/C18H26ClN5.ClH/c1-18(4-5-20-13-18)14-23-8-6-22(7-9-23)11-16-12-24-10-15(19)2-3-17(24)21-16;/h2-3,10,12,20H,4-9,11,13-14H2,1H3;1H. The van der Waals surface area contributed by atoms with E-state index in [1.165, 1.54) is 19.5 Å². The van der Waals surface area contributed by atoms with Crippen molar-refractivity contribution in [1.29, 1.82) is 0 Å². The van der Waals surface area contributed by atoms with E-state index >= 15 is 0 Å². The molecule has 2 aliphatic heterocycles. The second kappa shape index (κ2) is 7.80. The highest BCUT2D eigenvalue weighted by atomic mass is 35.5. The van der Waals surface area contributed by atoms with E-state index in [1.807, 2.05) is 22.7 Å². The average Bonchev–Trinajstić information content (AvgIpc) is 3.15. The van der Waals surface area contributed by atoms with Gasteiger partial charge in [0, 0.05) is 58.2 Å². The van der Waals surface area contributed by atoms with E-state index in [-0.39, 0.29) is 12.4 Å². The smallest absolute Gasteiger partial charge is 0.137 e. The van der Waals surface area contributed by atoms with Crippen LogP contribution in [-0.4, -0.2) is 65.0 Å². The SMILES string of the molecule is CC1(CN2CCN(Cc3cn4cc(Cl)ccc4n3)CC2)CCNC1.Cl. The molecule has 2 saturated heterocycles. The van der Waals surface area contributed by atoms with Crippen molar-refractivity contribution in [2.24, 2.45) is 5.41 Å². The predicted molar refractivity (Wildman–Crippen MR) is 105 cm³/mol. The van der Waals surface area contributed by atoms with Crippen LogP contribution in [0.4, 0.5) is 0 Å². The summed E-state index contributed by atoms with van der Waals surface area (Å²) in [5.41, 5.74) is 2.55. The Bertz CT molecular complexity index is 703. The predicted octanol–water partition coefficient (Wildman–Crippen LogP) is 2.53. The highest BCUT2D eigenvalue weighted by Crippen LogP contribution is 2.26. The van der Waals surface area contributed by atoms with Crippen LogP contribution in [0.2, 0.25) is 5.02 Å². The van der Waals surface area contributed by atoms with E-state index in [1.54, 1.807) is 0 Å². The van der Waals surface area contributed by atoms with Crippen LogP contribution in [0.15, 0.2) is 24.5 Å². The van der Waals surface area contributed by atoms with E-state index < -0.39 is 0 Å². The third kappa shape index (κ3) is 4.47. The van der Waals surface area contributed by atoms with E-state index in [9.17, 15) is 0 Å². The minimum atomic E-state index is 0. The summed E-state index contributed by atoms with van der Waals surface area (Å²) in [6, 6.07) is 3.87. The molecule has 138 valence electrons. The zero-order valence-corrected chi connectivity index (χ0v) is 16.3. The lowest BCUT2D eigenvalue weighted by molar-refractivity contribution is 0.0927. The van der Waals surface area contributed by atoms with Crippen molar-refractivity contribution in [2.45, 2.75) is 19.9 Å². The summed E-state index contributed by atoms with van der Waals surface area (Å²) in [4.78, 5) is 9.84. The van der Waals surface area contributed by atoms with Gasteiger partial charge in [0.15, 0.2) is 0 Å². The van der Waals surface area contributed by atoms with Gasteiger partial charge in [-0.1, -0.05) is 18.5 Å². The van der Waals surface area contributed by atoms with Crippen molar-refractivity contribution in [3.8, 4) is 0 Å². The van der Waals surface area contributed by atoms with Gasteiger partial charge in [-0.15, -0.1) is 12.4 Å². The maximum atomic E-state index is 6.05. The molecule has 2 fully saturated rings. The molecule has 4 rings (SSSR count). The van der Waals surface area contributed by atoms with Gasteiger partial charge >= 0.3 is 0 Å². The summed E-state index contributed by atoms with van der Waals surface area (Å²) in [6.07, 6.45) is 5.32. The molecule has 2 aliphatic rings. The van der Waals surface area contributed by atoms with Gasteiger partial charge < -0.3 is 14.6 Å². The Morgan fingerprint density at radius 2 is 1.92 bits per heavy atom. The molecular formula is C18H27Cl2N5. The average molecular weight is 384 g/mol. The first-order chi connectivity index (χ1) is 11.6. The van der Waals surface area contributed by atoms with Crippen LogP contribution >= 0.6 is 24.0 Å². The number of rotatable bonds is 4. The van der Waals surface area contributed by atoms with Crippen LogP contribution in [0, 0.1) is 5.41 Å². The molecule has 7 heteroatoms. The van der Waals surface area contributed by atoms with Crippen molar-refractivity contribution in [1.82, 2.24) is 24.5 Å². The topological polar surface area (TPSA) is 35.8 Å². The molecule has 0 saturated carbocycles. The van der Waals surface area contributed by atoms with Crippen LogP contribution in [0.1, 0.15) is 19.0 Å². The quantitative estimate of drug-likeness (QED) is 0.879. The molecule has 2 aromatic rings. The van der Waals surface area contributed by atoms with E-state index in [2.05, 4.69) is 28.2 Å². The van der Waals surface area contributed by atoms with E-state index in [0.29, 0.717) is 5.41 Å². The van der Waals surface area contributed by atoms with Crippen molar-refractivity contribution in [3.05, 3.63) is 35.2 Å². The first-order valence-electron chi connectivity index (χ1n) is 8.88. The molecule has 0 aliphatic carbocycles. The number of piperazine rings is 1. The highest BCUT2D eigenvalue weighted by molar-refractivity contribution is 6.30. The fraction of sp³-hybridized carbons (Fsp3) is 0.611. The number of hydrogen-bond acceptors (Lipinski definition) is 4. The van der Waals surface area contributed by atoms with Crippen LogP contribution in [0.25, 0.3) is 5.65 Å². The minimum absolute atomic E-state index is 0. The summed E-state index contributed by atoms with van der Waals surface area (Å²) in [7, 11) is 0. The van der Waals surface area contributed by atoms with Crippen LogP contribution in [0.5, 0.6) is 0 Å². The highest BCUT2D eigenvalue weighted by Gasteiger charge is 2.31.